The smallest absolute Gasteiger partial charge is 0.269 e. The maximum atomic E-state index is 12.7. The van der Waals surface area contributed by atoms with Crippen molar-refractivity contribution in [1.29, 1.82) is 0 Å². The van der Waals surface area contributed by atoms with Gasteiger partial charge in [0.25, 0.3) is 21.8 Å². The summed E-state index contributed by atoms with van der Waals surface area (Å²) in [5, 5.41) is 0. The lowest BCUT2D eigenvalue weighted by atomic mass is 10.1. The quantitative estimate of drug-likeness (QED) is 0.832. The highest BCUT2D eigenvalue weighted by molar-refractivity contribution is 7.90. The van der Waals surface area contributed by atoms with Crippen LogP contribution in [-0.4, -0.2) is 48.6 Å². The average molecular weight is 348 g/mol. The first-order chi connectivity index (χ1) is 11.3. The standard InChI is InChI=1S/C17H20N2O4S/c1-10(11-3-4-11)18(2)16(20)12-5-8-14-15(9-12)24(22,23)19(17(14)21)13-6-7-13/h5,8-11,13H,3-4,6-7H2,1-2H3. The Morgan fingerprint density at radius 1 is 1.25 bits per heavy atom. The summed E-state index contributed by atoms with van der Waals surface area (Å²) in [6.45, 7) is 2.01. The monoisotopic (exact) mass is 348 g/mol. The number of carbonyl (C=O) groups excluding carboxylic acids is 2. The maximum absolute atomic E-state index is 12.7. The number of sulfonamides is 1. The summed E-state index contributed by atoms with van der Waals surface area (Å²) in [5.41, 5.74) is 0.495. The van der Waals surface area contributed by atoms with E-state index in [4.69, 9.17) is 0 Å². The number of benzene rings is 1. The van der Waals surface area contributed by atoms with E-state index in [0.717, 1.165) is 17.1 Å². The minimum atomic E-state index is -3.83. The summed E-state index contributed by atoms with van der Waals surface area (Å²) in [6, 6.07) is 4.31. The van der Waals surface area contributed by atoms with Gasteiger partial charge in [0, 0.05) is 24.7 Å². The molecule has 2 aliphatic carbocycles. The topological polar surface area (TPSA) is 74.8 Å². The van der Waals surface area contributed by atoms with Gasteiger partial charge < -0.3 is 4.90 Å². The van der Waals surface area contributed by atoms with Crippen molar-refractivity contribution in [2.24, 2.45) is 5.92 Å². The second-order valence-corrected chi connectivity index (χ2v) is 8.83. The third kappa shape index (κ3) is 2.25. The molecule has 1 heterocycles. The van der Waals surface area contributed by atoms with Gasteiger partial charge in [-0.2, -0.15) is 0 Å². The second-order valence-electron chi connectivity index (χ2n) is 7.04. The number of rotatable bonds is 4. The maximum Gasteiger partial charge on any atom is 0.269 e. The summed E-state index contributed by atoms with van der Waals surface area (Å²) in [7, 11) is -2.08. The van der Waals surface area contributed by atoms with Crippen LogP contribution in [0.4, 0.5) is 0 Å². The number of fused-ring (bicyclic) bond motifs is 1. The molecule has 0 aromatic heterocycles. The first kappa shape index (κ1) is 15.6. The molecule has 1 aromatic rings. The summed E-state index contributed by atoms with van der Waals surface area (Å²) in [5.74, 6) is -0.139. The van der Waals surface area contributed by atoms with Gasteiger partial charge in [0.2, 0.25) is 0 Å². The van der Waals surface area contributed by atoms with E-state index < -0.39 is 15.9 Å². The highest BCUT2D eigenvalue weighted by Gasteiger charge is 2.49. The molecular formula is C17H20N2O4S. The SMILES string of the molecule is CC(C1CC1)N(C)C(=O)c1ccc2c(c1)S(=O)(=O)N(C1CC1)C2=O. The Bertz CT molecular complexity index is 840. The Hall–Kier alpha value is -1.89. The lowest BCUT2D eigenvalue weighted by Gasteiger charge is -2.25. The van der Waals surface area contributed by atoms with E-state index in [1.807, 2.05) is 6.92 Å². The third-order valence-electron chi connectivity index (χ3n) is 5.31. The molecule has 1 atom stereocenters. The minimum absolute atomic E-state index is 0.0299. The third-order valence-corrected chi connectivity index (χ3v) is 7.19. The molecule has 128 valence electrons. The van der Waals surface area contributed by atoms with Gasteiger partial charge in [-0.3, -0.25) is 9.59 Å². The fourth-order valence-corrected chi connectivity index (χ4v) is 5.17. The molecule has 1 aromatic carbocycles. The lowest BCUT2D eigenvalue weighted by Crippen LogP contribution is -2.36. The molecule has 0 saturated heterocycles. The Balaban J connectivity index is 1.68. The van der Waals surface area contributed by atoms with E-state index in [2.05, 4.69) is 0 Å². The van der Waals surface area contributed by atoms with E-state index in [0.29, 0.717) is 24.3 Å². The molecule has 3 aliphatic rings. The van der Waals surface area contributed by atoms with Crippen LogP contribution in [0, 0.1) is 5.92 Å². The van der Waals surface area contributed by atoms with E-state index in [9.17, 15) is 18.0 Å². The molecule has 6 nitrogen and oxygen atoms in total. The van der Waals surface area contributed by atoms with Crippen molar-refractivity contribution in [3.63, 3.8) is 0 Å². The molecule has 0 spiro atoms. The van der Waals surface area contributed by atoms with Gasteiger partial charge in [-0.15, -0.1) is 0 Å². The van der Waals surface area contributed by atoms with Crippen LogP contribution < -0.4 is 0 Å². The van der Waals surface area contributed by atoms with Gasteiger partial charge in [-0.1, -0.05) is 0 Å². The molecule has 1 unspecified atom stereocenters. The van der Waals surface area contributed by atoms with Crippen LogP contribution in [0.15, 0.2) is 23.1 Å². The van der Waals surface area contributed by atoms with Crippen LogP contribution in [0.2, 0.25) is 0 Å². The van der Waals surface area contributed by atoms with Crippen molar-refractivity contribution in [1.82, 2.24) is 9.21 Å². The van der Waals surface area contributed by atoms with Crippen molar-refractivity contribution in [2.45, 2.75) is 49.6 Å². The molecule has 0 radical (unpaired) electrons. The summed E-state index contributed by atoms with van der Waals surface area (Å²) in [4.78, 5) is 26.7. The largest absolute Gasteiger partial charge is 0.339 e. The van der Waals surface area contributed by atoms with Gasteiger partial charge in [-0.05, 0) is 56.7 Å². The van der Waals surface area contributed by atoms with Crippen molar-refractivity contribution in [2.75, 3.05) is 7.05 Å². The molecular weight excluding hydrogens is 328 g/mol. The molecule has 0 N–H and O–H groups in total. The van der Waals surface area contributed by atoms with Crippen LogP contribution >= 0.6 is 0 Å². The number of carbonyl (C=O) groups is 2. The van der Waals surface area contributed by atoms with Gasteiger partial charge in [0.15, 0.2) is 0 Å². The van der Waals surface area contributed by atoms with Crippen molar-refractivity contribution in [3.05, 3.63) is 29.3 Å². The summed E-state index contributed by atoms with van der Waals surface area (Å²) >= 11 is 0. The number of hydrogen-bond donors (Lipinski definition) is 0. The molecule has 2 saturated carbocycles. The van der Waals surface area contributed by atoms with Crippen LogP contribution in [0.3, 0.4) is 0 Å². The van der Waals surface area contributed by atoms with Gasteiger partial charge in [0.1, 0.15) is 4.90 Å². The zero-order valence-corrected chi connectivity index (χ0v) is 14.5. The first-order valence-corrected chi connectivity index (χ1v) is 9.76. The van der Waals surface area contributed by atoms with E-state index >= 15 is 0 Å². The second kappa shape index (κ2) is 5.05. The van der Waals surface area contributed by atoms with E-state index in [1.54, 1.807) is 18.0 Å². The number of amides is 2. The fraction of sp³-hybridized carbons (Fsp3) is 0.529. The summed E-state index contributed by atoms with van der Waals surface area (Å²) < 4.78 is 26.3. The first-order valence-electron chi connectivity index (χ1n) is 8.32. The molecule has 1 aliphatic heterocycles. The highest BCUT2D eigenvalue weighted by Crippen LogP contribution is 2.40. The normalized spacial score (nSPS) is 23.1. The lowest BCUT2D eigenvalue weighted by molar-refractivity contribution is 0.0726. The Labute approximate surface area is 141 Å². The van der Waals surface area contributed by atoms with Gasteiger partial charge in [-0.25, -0.2) is 12.7 Å². The molecule has 2 amide bonds. The highest BCUT2D eigenvalue weighted by atomic mass is 32.2. The van der Waals surface area contributed by atoms with Crippen LogP contribution in [0.1, 0.15) is 53.3 Å². The Morgan fingerprint density at radius 2 is 1.92 bits per heavy atom. The molecule has 7 heteroatoms. The van der Waals surface area contributed by atoms with Crippen molar-refractivity contribution in [3.8, 4) is 0 Å². The average Bonchev–Trinajstić information content (AvgIpc) is 3.44. The van der Waals surface area contributed by atoms with E-state index in [1.165, 1.54) is 12.1 Å². The predicted octanol–water partition coefficient (Wildman–Crippen LogP) is 1.86. The van der Waals surface area contributed by atoms with Crippen LogP contribution in [0.25, 0.3) is 0 Å². The molecule has 4 rings (SSSR count). The van der Waals surface area contributed by atoms with Crippen LogP contribution in [-0.2, 0) is 10.0 Å². The number of hydrogen-bond acceptors (Lipinski definition) is 4. The zero-order chi connectivity index (χ0) is 17.2. The fourth-order valence-electron chi connectivity index (χ4n) is 3.33. The van der Waals surface area contributed by atoms with Crippen molar-refractivity contribution < 1.29 is 18.0 Å². The zero-order valence-electron chi connectivity index (χ0n) is 13.7. The summed E-state index contributed by atoms with van der Waals surface area (Å²) in [6.07, 6.45) is 3.68. The molecule has 2 fully saturated rings. The Kier molecular flexibility index (Phi) is 3.29. The Morgan fingerprint density at radius 3 is 2.50 bits per heavy atom. The van der Waals surface area contributed by atoms with Crippen molar-refractivity contribution >= 4 is 21.8 Å². The number of nitrogens with zero attached hydrogens (tertiary/aromatic N) is 2. The van der Waals surface area contributed by atoms with Gasteiger partial charge >= 0.3 is 0 Å². The minimum Gasteiger partial charge on any atom is -0.339 e. The van der Waals surface area contributed by atoms with Crippen LogP contribution in [0.5, 0.6) is 0 Å². The van der Waals surface area contributed by atoms with E-state index in [-0.39, 0.29) is 28.4 Å². The predicted molar refractivity (Wildman–Crippen MR) is 87.1 cm³/mol. The molecule has 24 heavy (non-hydrogen) atoms. The molecule has 0 bridgehead atoms. The van der Waals surface area contributed by atoms with Gasteiger partial charge in [0.05, 0.1) is 5.56 Å².